The molecule has 4 heteroatoms. The molecule has 4 nitrogen and oxygen atoms in total. The Morgan fingerprint density at radius 1 is 0.852 bits per heavy atom. The molecule has 0 heterocycles. The number of carbonyl (C=O) groups excluding carboxylic acids is 2. The van der Waals surface area contributed by atoms with Crippen LogP contribution in [0.25, 0.3) is 0 Å². The Morgan fingerprint density at radius 2 is 1.30 bits per heavy atom. The topological polar surface area (TPSA) is 69.2 Å². The molecule has 0 spiro atoms. The van der Waals surface area contributed by atoms with Gasteiger partial charge in [-0.2, -0.15) is 0 Å². The third kappa shape index (κ3) is 4.27. The Balaban J connectivity index is 1.89. The molecule has 0 unspecified atom stereocenters. The molecule has 1 amide bonds. The van der Waals surface area contributed by atoms with Gasteiger partial charge in [-0.1, -0.05) is 71.8 Å². The minimum absolute atomic E-state index is 0.242. The zero-order valence-electron chi connectivity index (χ0n) is 15.6. The highest BCUT2D eigenvalue weighted by Crippen LogP contribution is 2.35. The number of carboxylic acid groups (broad SMARTS) is 1. The summed E-state index contributed by atoms with van der Waals surface area (Å²) in [4.78, 5) is 24.7. The molecule has 0 saturated carbocycles. The van der Waals surface area contributed by atoms with E-state index in [0.717, 1.165) is 22.3 Å². The van der Waals surface area contributed by atoms with Gasteiger partial charge in [-0.05, 0) is 37.8 Å². The molecule has 2 atom stereocenters. The third-order valence-electron chi connectivity index (χ3n) is 5.46. The van der Waals surface area contributed by atoms with Gasteiger partial charge in [-0.25, -0.2) is 0 Å². The lowest BCUT2D eigenvalue weighted by molar-refractivity contribution is -0.313. The molecule has 0 bridgehead atoms. The maximum atomic E-state index is 13.1. The Morgan fingerprint density at radius 3 is 1.74 bits per heavy atom. The number of hydrogen-bond donors (Lipinski definition) is 1. The molecule has 1 N–H and O–H groups in total. The van der Waals surface area contributed by atoms with Crippen molar-refractivity contribution in [3.8, 4) is 0 Å². The van der Waals surface area contributed by atoms with Crippen LogP contribution in [0.15, 0.2) is 71.8 Å². The first kappa shape index (κ1) is 18.9. The molecule has 2 aromatic carbocycles. The maximum Gasteiger partial charge on any atom is 0.224 e. The van der Waals surface area contributed by atoms with Gasteiger partial charge < -0.3 is 15.2 Å². The van der Waals surface area contributed by atoms with Gasteiger partial charge in [0, 0.05) is 17.8 Å². The number of carbonyl (C=O) groups is 2. The van der Waals surface area contributed by atoms with Crippen LogP contribution in [0.2, 0.25) is 0 Å². The van der Waals surface area contributed by atoms with Crippen molar-refractivity contribution in [1.82, 2.24) is 5.32 Å². The van der Waals surface area contributed by atoms with E-state index in [1.165, 1.54) is 0 Å². The predicted molar refractivity (Wildman–Crippen MR) is 102 cm³/mol. The van der Waals surface area contributed by atoms with E-state index >= 15 is 0 Å². The summed E-state index contributed by atoms with van der Waals surface area (Å²) < 4.78 is 0. The fourth-order valence-electron chi connectivity index (χ4n) is 3.72. The van der Waals surface area contributed by atoms with Crippen LogP contribution in [0, 0.1) is 11.8 Å². The largest absolute Gasteiger partial charge is 0.550 e. The Labute approximate surface area is 159 Å². The van der Waals surface area contributed by atoms with Crippen LogP contribution in [-0.2, 0) is 9.59 Å². The van der Waals surface area contributed by atoms with Crippen LogP contribution in [0.3, 0.4) is 0 Å². The molecule has 1 aliphatic carbocycles. The summed E-state index contributed by atoms with van der Waals surface area (Å²) >= 11 is 0. The lowest BCUT2D eigenvalue weighted by Crippen LogP contribution is -2.45. The number of allylic oxidation sites excluding steroid dienone is 2. The zero-order valence-corrected chi connectivity index (χ0v) is 15.6. The molecule has 0 aromatic heterocycles. The van der Waals surface area contributed by atoms with Crippen molar-refractivity contribution in [2.24, 2.45) is 11.8 Å². The summed E-state index contributed by atoms with van der Waals surface area (Å²) in [5.41, 5.74) is 4.04. The van der Waals surface area contributed by atoms with Crippen molar-refractivity contribution in [2.75, 3.05) is 0 Å². The minimum Gasteiger partial charge on any atom is -0.550 e. The minimum atomic E-state index is -1.15. The van der Waals surface area contributed by atoms with Crippen LogP contribution < -0.4 is 10.4 Å². The zero-order chi connectivity index (χ0) is 19.4. The predicted octanol–water partition coefficient (Wildman–Crippen LogP) is 3.00. The lowest BCUT2D eigenvalue weighted by atomic mass is 9.76. The monoisotopic (exact) mass is 362 g/mol. The molecule has 140 valence electrons. The molecular weight excluding hydrogens is 338 g/mol. The normalized spacial score (nSPS) is 19.8. The van der Waals surface area contributed by atoms with Crippen molar-refractivity contribution >= 4 is 11.9 Å². The SMILES string of the molecule is CC1=C(C)C[C@@H](C(=O)[O-])[C@@H](C(=O)NC(c2ccccc2)c2ccccc2)C1. The first-order chi connectivity index (χ1) is 13.0. The van der Waals surface area contributed by atoms with Crippen molar-refractivity contribution < 1.29 is 14.7 Å². The van der Waals surface area contributed by atoms with E-state index in [1.807, 2.05) is 74.5 Å². The highest BCUT2D eigenvalue weighted by atomic mass is 16.4. The van der Waals surface area contributed by atoms with Crippen LogP contribution in [0.4, 0.5) is 0 Å². The number of nitrogens with one attached hydrogen (secondary N) is 1. The molecule has 3 rings (SSSR count). The second kappa shape index (κ2) is 8.21. The molecule has 0 saturated heterocycles. The highest BCUT2D eigenvalue weighted by molar-refractivity contribution is 5.85. The van der Waals surface area contributed by atoms with E-state index in [9.17, 15) is 14.7 Å². The lowest BCUT2D eigenvalue weighted by Gasteiger charge is -2.34. The first-order valence-electron chi connectivity index (χ1n) is 9.23. The standard InChI is InChI=1S/C23H25NO3/c1-15-13-19(20(23(26)27)14-16(15)2)22(25)24-21(17-9-5-3-6-10-17)18-11-7-4-8-12-18/h3-12,19-21H,13-14H2,1-2H3,(H,24,25)(H,26,27)/p-1/t19-,20+/m0/s1. The fourth-order valence-corrected chi connectivity index (χ4v) is 3.72. The third-order valence-corrected chi connectivity index (χ3v) is 5.46. The molecule has 0 aliphatic heterocycles. The Hall–Kier alpha value is -2.88. The van der Waals surface area contributed by atoms with Crippen molar-refractivity contribution in [1.29, 1.82) is 0 Å². The molecule has 2 aromatic rings. The number of hydrogen-bond acceptors (Lipinski definition) is 3. The van der Waals surface area contributed by atoms with E-state index in [2.05, 4.69) is 5.32 Å². The van der Waals surface area contributed by atoms with E-state index in [4.69, 9.17) is 0 Å². The van der Waals surface area contributed by atoms with Crippen molar-refractivity contribution in [2.45, 2.75) is 32.7 Å². The van der Waals surface area contributed by atoms with E-state index in [-0.39, 0.29) is 11.9 Å². The summed E-state index contributed by atoms with van der Waals surface area (Å²) in [6.45, 7) is 3.89. The van der Waals surface area contributed by atoms with Gasteiger partial charge in [0.05, 0.1) is 6.04 Å². The van der Waals surface area contributed by atoms with E-state index in [0.29, 0.717) is 12.8 Å². The average Bonchev–Trinajstić information content (AvgIpc) is 2.68. The van der Waals surface area contributed by atoms with Crippen LogP contribution in [-0.4, -0.2) is 11.9 Å². The van der Waals surface area contributed by atoms with Gasteiger partial charge in [0.15, 0.2) is 0 Å². The van der Waals surface area contributed by atoms with Gasteiger partial charge >= 0.3 is 0 Å². The van der Waals surface area contributed by atoms with Crippen LogP contribution in [0.5, 0.6) is 0 Å². The smallest absolute Gasteiger partial charge is 0.224 e. The quantitative estimate of drug-likeness (QED) is 0.832. The summed E-state index contributed by atoms with van der Waals surface area (Å²) in [7, 11) is 0. The molecule has 0 fully saturated rings. The highest BCUT2D eigenvalue weighted by Gasteiger charge is 2.34. The summed E-state index contributed by atoms with van der Waals surface area (Å²) in [6, 6.07) is 19.1. The number of carboxylic acids is 1. The molecule has 1 aliphatic rings. The van der Waals surface area contributed by atoms with Gasteiger partial charge in [-0.3, -0.25) is 4.79 Å². The molecule has 27 heavy (non-hydrogen) atoms. The first-order valence-corrected chi connectivity index (χ1v) is 9.23. The Kier molecular flexibility index (Phi) is 5.75. The fraction of sp³-hybridized carbons (Fsp3) is 0.304. The summed E-state index contributed by atoms with van der Waals surface area (Å²) in [6.07, 6.45) is 0.820. The molecular formula is C23H24NO3-. The van der Waals surface area contributed by atoms with Crippen LogP contribution >= 0.6 is 0 Å². The van der Waals surface area contributed by atoms with E-state index < -0.39 is 17.8 Å². The maximum absolute atomic E-state index is 13.1. The van der Waals surface area contributed by atoms with Gasteiger partial charge in [0.25, 0.3) is 0 Å². The van der Waals surface area contributed by atoms with Crippen molar-refractivity contribution in [3.63, 3.8) is 0 Å². The second-order valence-electron chi connectivity index (χ2n) is 7.26. The van der Waals surface area contributed by atoms with Gasteiger partial charge in [-0.15, -0.1) is 0 Å². The Bertz CT molecular complexity index is 803. The molecule has 0 radical (unpaired) electrons. The van der Waals surface area contributed by atoms with Crippen LogP contribution in [0.1, 0.15) is 43.9 Å². The number of benzene rings is 2. The van der Waals surface area contributed by atoms with Gasteiger partial charge in [0.1, 0.15) is 0 Å². The second-order valence-corrected chi connectivity index (χ2v) is 7.26. The van der Waals surface area contributed by atoms with E-state index in [1.54, 1.807) is 0 Å². The number of aliphatic carboxylic acids is 1. The average molecular weight is 362 g/mol. The number of rotatable bonds is 5. The summed E-state index contributed by atoms with van der Waals surface area (Å²) in [5.74, 6) is -2.80. The van der Waals surface area contributed by atoms with Gasteiger partial charge in [0.2, 0.25) is 5.91 Å². The number of amides is 1. The summed E-state index contributed by atoms with van der Waals surface area (Å²) in [5, 5.41) is 14.7. The van der Waals surface area contributed by atoms with Crippen molar-refractivity contribution in [3.05, 3.63) is 82.9 Å².